The van der Waals surface area contributed by atoms with Gasteiger partial charge in [-0.3, -0.25) is 4.79 Å². The van der Waals surface area contributed by atoms with Crippen molar-refractivity contribution >= 4 is 15.9 Å². The fraction of sp³-hybridized carbons (Fsp3) is 0.421. The van der Waals surface area contributed by atoms with Crippen LogP contribution in [0.15, 0.2) is 33.5 Å². The Morgan fingerprint density at radius 3 is 2.30 bits per heavy atom. The normalized spacial score (nSPS) is 20.3. The van der Waals surface area contributed by atoms with E-state index in [0.29, 0.717) is 40.1 Å². The maximum atomic E-state index is 13.0. The molecular formula is C19H17BrF3N3O. The lowest BCUT2D eigenvalue weighted by Crippen LogP contribution is -2.30. The molecule has 1 aromatic carbocycles. The first-order valence-corrected chi connectivity index (χ1v) is 9.38. The van der Waals surface area contributed by atoms with Gasteiger partial charge in [0.25, 0.3) is 5.56 Å². The zero-order valence-corrected chi connectivity index (χ0v) is 16.1. The zero-order chi connectivity index (χ0) is 19.8. The molecule has 0 N–H and O–H groups in total. The topological polar surface area (TPSA) is 58.7 Å². The smallest absolute Gasteiger partial charge is 0.301 e. The van der Waals surface area contributed by atoms with Crippen molar-refractivity contribution in [1.82, 2.24) is 9.55 Å². The van der Waals surface area contributed by atoms with Crippen LogP contribution < -0.4 is 5.56 Å². The van der Waals surface area contributed by atoms with Crippen molar-refractivity contribution in [1.29, 1.82) is 5.26 Å². The fourth-order valence-corrected chi connectivity index (χ4v) is 3.86. The van der Waals surface area contributed by atoms with Crippen molar-refractivity contribution in [3.63, 3.8) is 0 Å². The predicted octanol–water partition coefficient (Wildman–Crippen LogP) is 5.01. The summed E-state index contributed by atoms with van der Waals surface area (Å²) in [6, 6.07) is 8.85. The molecule has 27 heavy (non-hydrogen) atoms. The van der Waals surface area contributed by atoms with Crippen LogP contribution in [0.4, 0.5) is 13.2 Å². The van der Waals surface area contributed by atoms with Crippen LogP contribution in [0.2, 0.25) is 0 Å². The number of aromatic nitrogens is 2. The molecule has 0 aliphatic heterocycles. The van der Waals surface area contributed by atoms with Crippen LogP contribution in [0.3, 0.4) is 0 Å². The van der Waals surface area contributed by atoms with Crippen molar-refractivity contribution in [3.05, 3.63) is 56.2 Å². The minimum Gasteiger partial charge on any atom is -0.301 e. The summed E-state index contributed by atoms with van der Waals surface area (Å²) in [5.41, 5.74) is 1.42. The van der Waals surface area contributed by atoms with Crippen LogP contribution in [-0.4, -0.2) is 15.7 Å². The summed E-state index contributed by atoms with van der Waals surface area (Å²) in [4.78, 5) is 16.4. The maximum absolute atomic E-state index is 13.0. The Morgan fingerprint density at radius 2 is 1.78 bits per heavy atom. The third-order valence-corrected chi connectivity index (χ3v) is 6.01. The van der Waals surface area contributed by atoms with Gasteiger partial charge in [-0.15, -0.1) is 0 Å². The third kappa shape index (κ3) is 3.93. The van der Waals surface area contributed by atoms with E-state index >= 15 is 0 Å². The lowest BCUT2D eigenvalue weighted by Gasteiger charge is -2.31. The van der Waals surface area contributed by atoms with Crippen LogP contribution in [0.25, 0.3) is 5.69 Å². The molecule has 4 nitrogen and oxygen atoms in total. The molecule has 8 heteroatoms. The van der Waals surface area contributed by atoms with E-state index < -0.39 is 17.7 Å². The molecule has 3 rings (SSSR count). The first-order chi connectivity index (χ1) is 12.7. The van der Waals surface area contributed by atoms with Crippen LogP contribution in [0.5, 0.6) is 0 Å². The van der Waals surface area contributed by atoms with Crippen LogP contribution >= 0.6 is 15.9 Å². The highest BCUT2D eigenvalue weighted by Gasteiger charge is 2.42. The Bertz CT molecular complexity index is 937. The van der Waals surface area contributed by atoms with Gasteiger partial charge in [0.1, 0.15) is 10.3 Å². The molecule has 0 radical (unpaired) electrons. The SMILES string of the molecule is Cc1c(Br)c(=O)nc(C2CCC(C(F)(F)F)CC2)n1-c1ccc(C#N)cc1. The molecular weight excluding hydrogens is 423 g/mol. The molecule has 1 heterocycles. The van der Waals surface area contributed by atoms with E-state index in [1.54, 1.807) is 35.8 Å². The second-order valence-electron chi connectivity index (χ2n) is 6.76. The third-order valence-electron chi connectivity index (χ3n) is 5.10. The van der Waals surface area contributed by atoms with Gasteiger partial charge in [0, 0.05) is 17.3 Å². The van der Waals surface area contributed by atoms with Crippen molar-refractivity contribution in [2.45, 2.75) is 44.7 Å². The average molecular weight is 440 g/mol. The lowest BCUT2D eigenvalue weighted by molar-refractivity contribution is -0.182. The Morgan fingerprint density at radius 1 is 1.19 bits per heavy atom. The highest BCUT2D eigenvalue weighted by molar-refractivity contribution is 9.10. The zero-order valence-electron chi connectivity index (χ0n) is 14.6. The molecule has 142 valence electrons. The van der Waals surface area contributed by atoms with Gasteiger partial charge in [-0.2, -0.15) is 23.4 Å². The molecule has 1 aliphatic rings. The van der Waals surface area contributed by atoms with Gasteiger partial charge in [-0.05, 0) is 72.8 Å². The molecule has 1 aromatic heterocycles. The fourth-order valence-electron chi connectivity index (χ4n) is 3.59. The summed E-state index contributed by atoms with van der Waals surface area (Å²) in [5, 5.41) is 8.97. The molecule has 1 fully saturated rings. The lowest BCUT2D eigenvalue weighted by atomic mass is 9.81. The molecule has 1 saturated carbocycles. The average Bonchev–Trinajstić information content (AvgIpc) is 2.65. The summed E-state index contributed by atoms with van der Waals surface area (Å²) in [5.74, 6) is -1.04. The Labute approximate surface area is 162 Å². The second-order valence-corrected chi connectivity index (χ2v) is 7.55. The maximum Gasteiger partial charge on any atom is 0.391 e. The molecule has 0 amide bonds. The molecule has 0 atom stereocenters. The highest BCUT2D eigenvalue weighted by Crippen LogP contribution is 2.43. The molecule has 0 bridgehead atoms. The van der Waals surface area contributed by atoms with Crippen molar-refractivity contribution in [3.8, 4) is 11.8 Å². The van der Waals surface area contributed by atoms with Crippen LogP contribution in [0.1, 0.15) is 48.7 Å². The Balaban J connectivity index is 2.03. The quantitative estimate of drug-likeness (QED) is 0.660. The standard InChI is InChI=1S/C19H17BrF3N3O/c1-11-16(20)18(27)25-17(13-4-6-14(7-5-13)19(21,22)23)26(11)15-8-2-12(10-24)3-9-15/h2-3,8-9,13-14H,4-7H2,1H3. The number of hydrogen-bond donors (Lipinski definition) is 0. The largest absolute Gasteiger partial charge is 0.391 e. The molecule has 2 aromatic rings. The Kier molecular flexibility index (Phi) is 5.43. The summed E-state index contributed by atoms with van der Waals surface area (Å²) >= 11 is 3.25. The van der Waals surface area contributed by atoms with Gasteiger partial charge in [0.05, 0.1) is 17.6 Å². The van der Waals surface area contributed by atoms with E-state index in [2.05, 4.69) is 20.9 Å². The van der Waals surface area contributed by atoms with Crippen LogP contribution in [0, 0.1) is 24.2 Å². The van der Waals surface area contributed by atoms with Crippen molar-refractivity contribution < 1.29 is 13.2 Å². The number of nitriles is 1. The van der Waals surface area contributed by atoms with Gasteiger partial charge in [-0.1, -0.05) is 0 Å². The number of nitrogens with zero attached hydrogens (tertiary/aromatic N) is 3. The summed E-state index contributed by atoms with van der Waals surface area (Å²) in [6.45, 7) is 1.76. The molecule has 1 aliphatic carbocycles. The molecule has 0 unspecified atom stereocenters. The first-order valence-electron chi connectivity index (χ1n) is 8.58. The second kappa shape index (κ2) is 7.47. The monoisotopic (exact) mass is 439 g/mol. The summed E-state index contributed by atoms with van der Waals surface area (Å²) < 4.78 is 41.0. The Hall–Kier alpha value is -2.14. The van der Waals surface area contributed by atoms with Gasteiger partial charge < -0.3 is 4.57 Å². The van der Waals surface area contributed by atoms with Gasteiger partial charge in [0.2, 0.25) is 0 Å². The minimum atomic E-state index is -4.18. The van der Waals surface area contributed by atoms with Crippen molar-refractivity contribution in [2.75, 3.05) is 0 Å². The van der Waals surface area contributed by atoms with E-state index in [-0.39, 0.29) is 18.8 Å². The number of rotatable bonds is 2. The van der Waals surface area contributed by atoms with Gasteiger partial charge in [0.15, 0.2) is 0 Å². The van der Waals surface area contributed by atoms with Crippen molar-refractivity contribution in [2.24, 2.45) is 5.92 Å². The van der Waals surface area contributed by atoms with Crippen LogP contribution in [-0.2, 0) is 0 Å². The number of halogens is 4. The van der Waals surface area contributed by atoms with E-state index in [4.69, 9.17) is 5.26 Å². The molecule has 0 spiro atoms. The van der Waals surface area contributed by atoms with E-state index in [1.165, 1.54) is 0 Å². The van der Waals surface area contributed by atoms with E-state index in [0.717, 1.165) is 0 Å². The number of benzene rings is 1. The minimum absolute atomic E-state index is 0.0342. The highest BCUT2D eigenvalue weighted by atomic mass is 79.9. The molecule has 0 saturated heterocycles. The predicted molar refractivity (Wildman–Crippen MR) is 97.7 cm³/mol. The number of alkyl halides is 3. The van der Waals surface area contributed by atoms with E-state index in [9.17, 15) is 18.0 Å². The van der Waals surface area contributed by atoms with Gasteiger partial charge in [-0.25, -0.2) is 0 Å². The summed E-state index contributed by atoms with van der Waals surface area (Å²) in [7, 11) is 0. The first kappa shape index (κ1) is 19.6. The summed E-state index contributed by atoms with van der Waals surface area (Å²) in [6.07, 6.45) is -3.46. The van der Waals surface area contributed by atoms with E-state index in [1.807, 2.05) is 6.07 Å². The van der Waals surface area contributed by atoms with Gasteiger partial charge >= 0.3 is 6.18 Å². The number of hydrogen-bond acceptors (Lipinski definition) is 3.